The standard InChI is InChI=1S/C11H15NO4S3/c1-8-7-9(18-10(8)11(13)14)19(15,16)12-3-2-5-17-6-4-12/h7H,2-6H2,1H3,(H,13,14). The summed E-state index contributed by atoms with van der Waals surface area (Å²) in [6.07, 6.45) is 0.833. The van der Waals surface area contributed by atoms with Crippen LogP contribution >= 0.6 is 23.1 Å². The van der Waals surface area contributed by atoms with Gasteiger partial charge in [-0.15, -0.1) is 11.3 Å². The molecule has 1 N–H and O–H groups in total. The zero-order valence-electron chi connectivity index (χ0n) is 10.5. The molecule has 0 atom stereocenters. The molecule has 1 aromatic heterocycles. The van der Waals surface area contributed by atoms with E-state index in [0.29, 0.717) is 18.7 Å². The quantitative estimate of drug-likeness (QED) is 0.920. The predicted octanol–water partition coefficient (Wildman–Crippen LogP) is 1.88. The summed E-state index contributed by atoms with van der Waals surface area (Å²) in [5.41, 5.74) is 0.500. The molecule has 5 nitrogen and oxygen atoms in total. The van der Waals surface area contributed by atoms with Crippen molar-refractivity contribution in [3.8, 4) is 0 Å². The molecule has 0 amide bonds. The van der Waals surface area contributed by atoms with Gasteiger partial charge in [-0.2, -0.15) is 16.1 Å². The highest BCUT2D eigenvalue weighted by atomic mass is 32.2. The number of carboxylic acids is 1. The summed E-state index contributed by atoms with van der Waals surface area (Å²) >= 11 is 2.59. The Balaban J connectivity index is 2.33. The first-order chi connectivity index (χ1) is 8.93. The Kier molecular flexibility index (Phi) is 4.54. The molecule has 1 aliphatic heterocycles. The SMILES string of the molecule is Cc1cc(S(=O)(=O)N2CCCSCC2)sc1C(=O)O. The predicted molar refractivity (Wildman–Crippen MR) is 76.7 cm³/mol. The van der Waals surface area contributed by atoms with Crippen LogP contribution in [-0.2, 0) is 10.0 Å². The smallest absolute Gasteiger partial charge is 0.346 e. The van der Waals surface area contributed by atoms with Crippen molar-refractivity contribution in [2.75, 3.05) is 24.6 Å². The second-order valence-electron chi connectivity index (χ2n) is 4.25. The number of rotatable bonds is 3. The molecule has 0 spiro atoms. The third-order valence-corrected chi connectivity index (χ3v) is 7.49. The monoisotopic (exact) mass is 321 g/mol. The maximum Gasteiger partial charge on any atom is 0.346 e. The van der Waals surface area contributed by atoms with E-state index in [1.807, 2.05) is 0 Å². The third-order valence-electron chi connectivity index (χ3n) is 2.86. The summed E-state index contributed by atoms with van der Waals surface area (Å²) in [5, 5.41) is 9.00. The van der Waals surface area contributed by atoms with Crippen LogP contribution in [0.1, 0.15) is 21.7 Å². The van der Waals surface area contributed by atoms with Gasteiger partial charge in [-0.3, -0.25) is 0 Å². The van der Waals surface area contributed by atoms with Gasteiger partial charge in [0.1, 0.15) is 9.09 Å². The van der Waals surface area contributed by atoms with E-state index in [1.54, 1.807) is 18.7 Å². The fraction of sp³-hybridized carbons (Fsp3) is 0.545. The summed E-state index contributed by atoms with van der Waals surface area (Å²) in [4.78, 5) is 11.1. The number of aryl methyl sites for hydroxylation is 1. The highest BCUT2D eigenvalue weighted by Crippen LogP contribution is 2.29. The van der Waals surface area contributed by atoms with Gasteiger partial charge in [0.2, 0.25) is 0 Å². The fourth-order valence-electron chi connectivity index (χ4n) is 1.88. The van der Waals surface area contributed by atoms with E-state index in [9.17, 15) is 13.2 Å². The number of sulfonamides is 1. The minimum absolute atomic E-state index is 0.0998. The van der Waals surface area contributed by atoms with Gasteiger partial charge in [-0.05, 0) is 30.7 Å². The number of nitrogens with zero attached hydrogens (tertiary/aromatic N) is 1. The van der Waals surface area contributed by atoms with Crippen molar-refractivity contribution in [1.29, 1.82) is 0 Å². The Morgan fingerprint density at radius 3 is 2.74 bits per heavy atom. The Bertz CT molecular complexity index is 571. The highest BCUT2D eigenvalue weighted by molar-refractivity contribution is 7.99. The molecule has 1 aliphatic rings. The van der Waals surface area contributed by atoms with Crippen molar-refractivity contribution in [1.82, 2.24) is 4.31 Å². The van der Waals surface area contributed by atoms with Crippen LogP contribution in [0.5, 0.6) is 0 Å². The summed E-state index contributed by atoms with van der Waals surface area (Å²) in [6.45, 7) is 2.62. The van der Waals surface area contributed by atoms with E-state index < -0.39 is 16.0 Å². The number of carboxylic acid groups (broad SMARTS) is 1. The van der Waals surface area contributed by atoms with Crippen LogP contribution in [-0.4, -0.2) is 48.4 Å². The van der Waals surface area contributed by atoms with Gasteiger partial charge in [-0.25, -0.2) is 13.2 Å². The minimum Gasteiger partial charge on any atom is -0.477 e. The normalized spacial score (nSPS) is 18.2. The van der Waals surface area contributed by atoms with Crippen molar-refractivity contribution in [3.63, 3.8) is 0 Å². The molecule has 8 heteroatoms. The van der Waals surface area contributed by atoms with E-state index in [-0.39, 0.29) is 9.09 Å². The second kappa shape index (κ2) is 5.82. The maximum atomic E-state index is 12.5. The first-order valence-corrected chi connectivity index (χ1v) is 9.25. The van der Waals surface area contributed by atoms with E-state index in [0.717, 1.165) is 29.3 Å². The Hall–Kier alpha value is -0.570. The van der Waals surface area contributed by atoms with Gasteiger partial charge in [0.25, 0.3) is 10.0 Å². The van der Waals surface area contributed by atoms with E-state index >= 15 is 0 Å². The molecule has 106 valence electrons. The van der Waals surface area contributed by atoms with Crippen LogP contribution in [0.2, 0.25) is 0 Å². The average molecular weight is 321 g/mol. The number of hydrogen-bond acceptors (Lipinski definition) is 5. The van der Waals surface area contributed by atoms with Crippen molar-refractivity contribution in [2.24, 2.45) is 0 Å². The van der Waals surface area contributed by atoms with Gasteiger partial charge in [-0.1, -0.05) is 0 Å². The van der Waals surface area contributed by atoms with Gasteiger partial charge < -0.3 is 5.11 Å². The molecular weight excluding hydrogens is 306 g/mol. The van der Waals surface area contributed by atoms with Gasteiger partial charge in [0.15, 0.2) is 0 Å². The van der Waals surface area contributed by atoms with Crippen LogP contribution in [0.4, 0.5) is 0 Å². The fourth-order valence-corrected chi connectivity index (χ4v) is 5.90. The van der Waals surface area contributed by atoms with Gasteiger partial charge in [0, 0.05) is 18.8 Å². The second-order valence-corrected chi connectivity index (χ2v) is 8.69. The first-order valence-electron chi connectivity index (χ1n) is 5.84. The molecule has 2 heterocycles. The van der Waals surface area contributed by atoms with E-state index in [4.69, 9.17) is 5.11 Å². The van der Waals surface area contributed by atoms with Crippen molar-refractivity contribution >= 4 is 39.1 Å². The lowest BCUT2D eigenvalue weighted by Gasteiger charge is -2.18. The van der Waals surface area contributed by atoms with Crippen LogP contribution in [0.25, 0.3) is 0 Å². The van der Waals surface area contributed by atoms with Crippen molar-refractivity contribution in [3.05, 3.63) is 16.5 Å². The van der Waals surface area contributed by atoms with Crippen LogP contribution in [0.3, 0.4) is 0 Å². The Labute approximate surface area is 120 Å². The van der Waals surface area contributed by atoms with Crippen LogP contribution in [0.15, 0.2) is 10.3 Å². The summed E-state index contributed by atoms with van der Waals surface area (Å²) in [5.74, 6) is 0.681. The Morgan fingerprint density at radius 1 is 1.37 bits per heavy atom. The highest BCUT2D eigenvalue weighted by Gasteiger charge is 2.28. The topological polar surface area (TPSA) is 74.7 Å². The molecule has 0 unspecified atom stereocenters. The van der Waals surface area contributed by atoms with E-state index in [1.165, 1.54) is 10.4 Å². The van der Waals surface area contributed by atoms with Gasteiger partial charge in [0.05, 0.1) is 0 Å². The summed E-state index contributed by atoms with van der Waals surface area (Å²) in [6, 6.07) is 1.46. The molecule has 0 bridgehead atoms. The zero-order valence-corrected chi connectivity index (χ0v) is 12.9. The molecule has 0 saturated carbocycles. The lowest BCUT2D eigenvalue weighted by Crippen LogP contribution is -2.32. The zero-order chi connectivity index (χ0) is 14.0. The van der Waals surface area contributed by atoms with Gasteiger partial charge >= 0.3 is 5.97 Å². The van der Waals surface area contributed by atoms with Crippen molar-refractivity contribution < 1.29 is 18.3 Å². The molecule has 2 rings (SSSR count). The van der Waals surface area contributed by atoms with Crippen molar-refractivity contribution in [2.45, 2.75) is 17.6 Å². The molecule has 1 aromatic rings. The van der Waals surface area contributed by atoms with E-state index in [2.05, 4.69) is 0 Å². The number of hydrogen-bond donors (Lipinski definition) is 1. The summed E-state index contributed by atoms with van der Waals surface area (Å²) in [7, 11) is -3.55. The first kappa shape index (κ1) is 14.8. The molecule has 1 saturated heterocycles. The third kappa shape index (κ3) is 3.13. The molecular formula is C11H15NO4S3. The largest absolute Gasteiger partial charge is 0.477 e. The molecule has 0 radical (unpaired) electrons. The number of thioether (sulfide) groups is 1. The van der Waals surface area contributed by atoms with Crippen LogP contribution in [0, 0.1) is 6.92 Å². The Morgan fingerprint density at radius 2 is 2.11 bits per heavy atom. The number of aromatic carboxylic acids is 1. The summed E-state index contributed by atoms with van der Waals surface area (Å²) < 4.78 is 26.5. The minimum atomic E-state index is -3.55. The number of thiophene rings is 1. The maximum absolute atomic E-state index is 12.5. The number of carbonyl (C=O) groups is 1. The molecule has 19 heavy (non-hydrogen) atoms. The lowest BCUT2D eigenvalue weighted by atomic mass is 10.3. The molecule has 1 fully saturated rings. The average Bonchev–Trinajstić information content (AvgIpc) is 2.58. The lowest BCUT2D eigenvalue weighted by molar-refractivity contribution is 0.0701. The molecule has 0 aromatic carbocycles. The van der Waals surface area contributed by atoms with Crippen LogP contribution < -0.4 is 0 Å². The molecule has 0 aliphatic carbocycles.